The van der Waals surface area contributed by atoms with Crippen LogP contribution in [0.3, 0.4) is 0 Å². The SMILES string of the molecule is COc1ccc(C(C)(C)C(F)(F)F)cc1CNC1CCNC1c1ccccc1.Cl.Cl. The fourth-order valence-corrected chi connectivity index (χ4v) is 3.64. The second kappa shape index (κ2) is 10.7. The van der Waals surface area contributed by atoms with Crippen LogP contribution in [0.15, 0.2) is 48.5 Å². The maximum absolute atomic E-state index is 13.4. The van der Waals surface area contributed by atoms with Gasteiger partial charge in [-0.05, 0) is 50.1 Å². The van der Waals surface area contributed by atoms with Gasteiger partial charge in [-0.15, -0.1) is 24.8 Å². The van der Waals surface area contributed by atoms with E-state index in [2.05, 4.69) is 22.8 Å². The average Bonchev–Trinajstić information content (AvgIpc) is 3.14. The monoisotopic (exact) mass is 464 g/mol. The van der Waals surface area contributed by atoms with Crippen molar-refractivity contribution in [1.29, 1.82) is 0 Å². The number of benzene rings is 2. The van der Waals surface area contributed by atoms with E-state index in [-0.39, 0.29) is 42.5 Å². The van der Waals surface area contributed by atoms with Crippen LogP contribution >= 0.6 is 24.8 Å². The van der Waals surface area contributed by atoms with E-state index in [4.69, 9.17) is 4.74 Å². The Labute approximate surface area is 188 Å². The van der Waals surface area contributed by atoms with Gasteiger partial charge in [-0.3, -0.25) is 0 Å². The smallest absolute Gasteiger partial charge is 0.397 e. The molecule has 2 N–H and O–H groups in total. The molecule has 3 nitrogen and oxygen atoms in total. The highest BCUT2D eigenvalue weighted by atomic mass is 35.5. The van der Waals surface area contributed by atoms with Crippen LogP contribution in [-0.4, -0.2) is 25.9 Å². The first-order chi connectivity index (χ1) is 13.2. The van der Waals surface area contributed by atoms with E-state index in [0.29, 0.717) is 12.3 Å². The van der Waals surface area contributed by atoms with Crippen molar-refractivity contribution in [2.45, 2.75) is 50.5 Å². The minimum absolute atomic E-state index is 0. The molecule has 2 aromatic carbocycles. The molecule has 168 valence electrons. The van der Waals surface area contributed by atoms with Crippen LogP contribution in [0, 0.1) is 0 Å². The highest BCUT2D eigenvalue weighted by Crippen LogP contribution is 2.41. The summed E-state index contributed by atoms with van der Waals surface area (Å²) in [5.41, 5.74) is 0.254. The molecule has 0 amide bonds. The lowest BCUT2D eigenvalue weighted by Crippen LogP contribution is -2.37. The fraction of sp³-hybridized carbons (Fsp3) is 0.455. The quantitative estimate of drug-likeness (QED) is 0.585. The van der Waals surface area contributed by atoms with Gasteiger partial charge < -0.3 is 15.4 Å². The van der Waals surface area contributed by atoms with Crippen LogP contribution in [0.1, 0.15) is 43.0 Å². The lowest BCUT2D eigenvalue weighted by atomic mass is 9.83. The van der Waals surface area contributed by atoms with E-state index in [9.17, 15) is 13.2 Å². The summed E-state index contributed by atoms with van der Waals surface area (Å²) < 4.78 is 45.7. The molecule has 2 unspecified atom stereocenters. The summed E-state index contributed by atoms with van der Waals surface area (Å²) in [5.74, 6) is 0.594. The summed E-state index contributed by atoms with van der Waals surface area (Å²) in [6, 6.07) is 15.3. The molecule has 0 aliphatic carbocycles. The van der Waals surface area contributed by atoms with E-state index in [0.717, 1.165) is 18.5 Å². The van der Waals surface area contributed by atoms with Crippen molar-refractivity contribution in [2.75, 3.05) is 13.7 Å². The van der Waals surface area contributed by atoms with Crippen LogP contribution in [0.25, 0.3) is 0 Å². The Morgan fingerprint density at radius 3 is 2.33 bits per heavy atom. The molecule has 1 saturated heterocycles. The number of nitrogens with one attached hydrogen (secondary N) is 2. The largest absolute Gasteiger partial charge is 0.496 e. The predicted molar refractivity (Wildman–Crippen MR) is 119 cm³/mol. The van der Waals surface area contributed by atoms with Crippen LogP contribution in [0.4, 0.5) is 13.2 Å². The number of methoxy groups -OCH3 is 1. The third-order valence-electron chi connectivity index (χ3n) is 5.65. The first-order valence-electron chi connectivity index (χ1n) is 9.50. The zero-order chi connectivity index (χ0) is 20.4. The number of hydrogen-bond acceptors (Lipinski definition) is 3. The van der Waals surface area contributed by atoms with Gasteiger partial charge in [0, 0.05) is 24.2 Å². The van der Waals surface area contributed by atoms with E-state index < -0.39 is 11.6 Å². The van der Waals surface area contributed by atoms with Crippen molar-refractivity contribution in [3.05, 3.63) is 65.2 Å². The van der Waals surface area contributed by atoms with Crippen LogP contribution in [0.5, 0.6) is 5.75 Å². The lowest BCUT2D eigenvalue weighted by molar-refractivity contribution is -0.180. The number of rotatable bonds is 6. The number of hydrogen-bond donors (Lipinski definition) is 2. The second-order valence-corrected chi connectivity index (χ2v) is 7.77. The van der Waals surface area contributed by atoms with E-state index >= 15 is 0 Å². The summed E-state index contributed by atoms with van der Waals surface area (Å²) >= 11 is 0. The highest BCUT2D eigenvalue weighted by Gasteiger charge is 2.48. The molecule has 30 heavy (non-hydrogen) atoms. The van der Waals surface area contributed by atoms with E-state index in [1.807, 2.05) is 18.2 Å². The van der Waals surface area contributed by atoms with Crippen LogP contribution < -0.4 is 15.4 Å². The summed E-state index contributed by atoms with van der Waals surface area (Å²) in [4.78, 5) is 0. The number of halogens is 5. The maximum atomic E-state index is 13.4. The average molecular weight is 465 g/mol. The normalized spacial score (nSPS) is 19.0. The van der Waals surface area contributed by atoms with Crippen molar-refractivity contribution in [3.63, 3.8) is 0 Å². The van der Waals surface area contributed by atoms with Crippen molar-refractivity contribution >= 4 is 24.8 Å². The maximum Gasteiger partial charge on any atom is 0.397 e. The molecule has 0 spiro atoms. The molecule has 3 rings (SSSR count). The molecule has 1 aliphatic heterocycles. The Balaban J connectivity index is 0.00000225. The first-order valence-corrected chi connectivity index (χ1v) is 9.50. The van der Waals surface area contributed by atoms with E-state index in [1.165, 1.54) is 32.6 Å². The zero-order valence-corrected chi connectivity index (χ0v) is 18.9. The van der Waals surface area contributed by atoms with Gasteiger partial charge in [0.1, 0.15) is 5.75 Å². The highest BCUT2D eigenvalue weighted by molar-refractivity contribution is 5.85. The topological polar surface area (TPSA) is 33.3 Å². The molecule has 1 fully saturated rings. The van der Waals surface area contributed by atoms with Gasteiger partial charge in [0.25, 0.3) is 0 Å². The first kappa shape index (κ1) is 26.6. The minimum atomic E-state index is -4.32. The van der Waals surface area contributed by atoms with Gasteiger partial charge in [0.2, 0.25) is 0 Å². The molecule has 8 heteroatoms. The second-order valence-electron chi connectivity index (χ2n) is 7.77. The molecule has 1 aliphatic rings. The molecule has 0 bridgehead atoms. The van der Waals surface area contributed by atoms with Gasteiger partial charge in [0.05, 0.1) is 12.5 Å². The van der Waals surface area contributed by atoms with Gasteiger partial charge in [-0.25, -0.2) is 0 Å². The molecular weight excluding hydrogens is 436 g/mol. The summed E-state index contributed by atoms with van der Waals surface area (Å²) in [6.45, 7) is 3.76. The lowest BCUT2D eigenvalue weighted by Gasteiger charge is -2.29. The Kier molecular flexibility index (Phi) is 9.49. The van der Waals surface area contributed by atoms with Crippen molar-refractivity contribution in [1.82, 2.24) is 10.6 Å². The molecule has 2 atom stereocenters. The Morgan fingerprint density at radius 2 is 1.73 bits per heavy atom. The van der Waals surface area contributed by atoms with Crippen molar-refractivity contribution < 1.29 is 17.9 Å². The Morgan fingerprint density at radius 1 is 1.07 bits per heavy atom. The summed E-state index contributed by atoms with van der Waals surface area (Å²) in [6.07, 6.45) is -3.37. The third kappa shape index (κ3) is 5.61. The molecule has 0 radical (unpaired) electrons. The number of ether oxygens (including phenoxy) is 1. The molecule has 2 aromatic rings. The predicted octanol–water partition coefficient (Wildman–Crippen LogP) is 5.57. The van der Waals surface area contributed by atoms with Crippen LogP contribution in [0.2, 0.25) is 0 Å². The number of alkyl halides is 3. The van der Waals surface area contributed by atoms with Crippen molar-refractivity contribution in [3.8, 4) is 5.75 Å². The van der Waals surface area contributed by atoms with Crippen LogP contribution in [-0.2, 0) is 12.0 Å². The summed E-state index contributed by atoms with van der Waals surface area (Å²) in [5, 5.41) is 7.02. The zero-order valence-electron chi connectivity index (χ0n) is 17.3. The standard InChI is InChI=1S/C22H27F3N2O.2ClH/c1-21(2,22(23,24)25)17-9-10-19(28-3)16(13-17)14-27-18-11-12-26-20(18)15-7-5-4-6-8-15;;/h4-10,13,18,20,26-27H,11-12,14H2,1-3H3;2*1H. The minimum Gasteiger partial charge on any atom is -0.496 e. The van der Waals surface area contributed by atoms with Gasteiger partial charge in [-0.1, -0.05) is 36.4 Å². The fourth-order valence-electron chi connectivity index (χ4n) is 3.64. The molecule has 1 heterocycles. The van der Waals surface area contributed by atoms with Gasteiger partial charge in [-0.2, -0.15) is 13.2 Å². The Hall–Kier alpha value is -1.47. The van der Waals surface area contributed by atoms with Gasteiger partial charge in [0.15, 0.2) is 0 Å². The Bertz CT molecular complexity index is 801. The molecule has 0 aromatic heterocycles. The summed E-state index contributed by atoms with van der Waals surface area (Å²) in [7, 11) is 1.54. The third-order valence-corrected chi connectivity index (χ3v) is 5.65. The van der Waals surface area contributed by atoms with E-state index in [1.54, 1.807) is 12.1 Å². The molecular formula is C22H29Cl2F3N2O. The van der Waals surface area contributed by atoms with Gasteiger partial charge >= 0.3 is 6.18 Å². The van der Waals surface area contributed by atoms with Crippen molar-refractivity contribution in [2.24, 2.45) is 0 Å². The molecule has 0 saturated carbocycles.